The van der Waals surface area contributed by atoms with Crippen LogP contribution in [0.2, 0.25) is 25.1 Å². The van der Waals surface area contributed by atoms with Gasteiger partial charge in [0.2, 0.25) is 21.8 Å². The molecule has 0 spiro atoms. The summed E-state index contributed by atoms with van der Waals surface area (Å²) < 4.78 is 26.2. The molecule has 36 heavy (non-hydrogen) atoms. The van der Waals surface area contributed by atoms with Crippen molar-refractivity contribution >= 4 is 85.5 Å². The Balaban J connectivity index is 2.44. The van der Waals surface area contributed by atoms with E-state index in [1.54, 1.807) is 25.1 Å². The van der Waals surface area contributed by atoms with Crippen molar-refractivity contribution < 1.29 is 18.0 Å². The number of carbonyl (C=O) groups excluding carboxylic acids is 2. The Morgan fingerprint density at radius 1 is 0.944 bits per heavy atom. The molecule has 0 heterocycles. The Labute approximate surface area is 236 Å². The predicted molar refractivity (Wildman–Crippen MR) is 148 cm³/mol. The predicted octanol–water partition coefficient (Wildman–Crippen LogP) is 6.05. The fourth-order valence-corrected chi connectivity index (χ4v) is 5.12. The SMILES string of the molecule is CCCCNC(=O)[C@H](C)N(Cc1ccc(Cl)c(Cl)c1)C(=O)CN(c1cc(Cl)c(Cl)cc1Cl)S(C)(=O)=O. The Morgan fingerprint density at radius 2 is 1.56 bits per heavy atom. The van der Waals surface area contributed by atoms with E-state index in [1.807, 2.05) is 6.92 Å². The van der Waals surface area contributed by atoms with Gasteiger partial charge in [0.25, 0.3) is 0 Å². The molecule has 0 aliphatic carbocycles. The molecule has 0 radical (unpaired) electrons. The Bertz CT molecular complexity index is 1230. The molecular weight excluding hydrogens is 592 g/mol. The molecule has 2 aromatic carbocycles. The molecule has 0 saturated heterocycles. The van der Waals surface area contributed by atoms with Crippen LogP contribution in [0.1, 0.15) is 32.3 Å². The quantitative estimate of drug-likeness (QED) is 0.246. The number of carbonyl (C=O) groups is 2. The smallest absolute Gasteiger partial charge is 0.244 e. The number of sulfonamides is 1. The number of hydrogen-bond donors (Lipinski definition) is 1. The third-order valence-electron chi connectivity index (χ3n) is 5.27. The molecule has 2 aromatic rings. The van der Waals surface area contributed by atoms with Crippen LogP contribution >= 0.6 is 58.0 Å². The van der Waals surface area contributed by atoms with Gasteiger partial charge in [0.15, 0.2) is 0 Å². The number of hydrogen-bond acceptors (Lipinski definition) is 4. The molecule has 1 N–H and O–H groups in total. The van der Waals surface area contributed by atoms with Crippen molar-refractivity contribution in [1.82, 2.24) is 10.2 Å². The number of unbranched alkanes of at least 4 members (excludes halogenated alkanes) is 1. The van der Waals surface area contributed by atoms with Crippen molar-refractivity contribution in [1.29, 1.82) is 0 Å². The molecule has 0 saturated carbocycles. The van der Waals surface area contributed by atoms with Gasteiger partial charge in [0.1, 0.15) is 12.6 Å². The normalized spacial score (nSPS) is 12.2. The Kier molecular flexibility index (Phi) is 11.5. The lowest BCUT2D eigenvalue weighted by Crippen LogP contribution is -2.51. The summed E-state index contributed by atoms with van der Waals surface area (Å²) >= 11 is 30.4. The van der Waals surface area contributed by atoms with Crippen molar-refractivity contribution in [2.75, 3.05) is 23.7 Å². The van der Waals surface area contributed by atoms with Crippen molar-refractivity contribution in [3.63, 3.8) is 0 Å². The second-order valence-electron chi connectivity index (χ2n) is 8.08. The summed E-state index contributed by atoms with van der Waals surface area (Å²) in [5.74, 6) is -1.03. The van der Waals surface area contributed by atoms with Crippen LogP contribution in [-0.4, -0.2) is 50.5 Å². The zero-order valence-electron chi connectivity index (χ0n) is 19.8. The third-order valence-corrected chi connectivity index (χ3v) is 8.16. The van der Waals surface area contributed by atoms with Gasteiger partial charge in [-0.05, 0) is 43.2 Å². The second-order valence-corrected chi connectivity index (χ2v) is 12.0. The standard InChI is InChI=1S/C23H26Cl5N3O4S/c1-4-5-8-29-23(33)14(2)30(12-15-6-7-16(24)17(25)9-15)22(32)13-31(36(3,34)35)21-11-19(27)18(26)10-20(21)28/h6-7,9-11,14H,4-5,8,12-13H2,1-3H3,(H,29,33)/t14-/m0/s1. The van der Waals surface area contributed by atoms with Crippen LogP contribution in [0.4, 0.5) is 5.69 Å². The largest absolute Gasteiger partial charge is 0.354 e. The zero-order chi connectivity index (χ0) is 27.2. The van der Waals surface area contributed by atoms with Gasteiger partial charge in [-0.25, -0.2) is 8.42 Å². The minimum Gasteiger partial charge on any atom is -0.354 e. The van der Waals surface area contributed by atoms with Gasteiger partial charge in [0, 0.05) is 13.1 Å². The maximum Gasteiger partial charge on any atom is 0.244 e. The number of rotatable bonds is 11. The number of amides is 2. The third kappa shape index (κ3) is 8.30. The Morgan fingerprint density at radius 3 is 2.14 bits per heavy atom. The van der Waals surface area contributed by atoms with Gasteiger partial charge < -0.3 is 10.2 Å². The van der Waals surface area contributed by atoms with Gasteiger partial charge in [0.05, 0.1) is 37.1 Å². The number of benzene rings is 2. The van der Waals surface area contributed by atoms with E-state index in [9.17, 15) is 18.0 Å². The highest BCUT2D eigenvalue weighted by Gasteiger charge is 2.31. The summed E-state index contributed by atoms with van der Waals surface area (Å²) in [5, 5.41) is 3.59. The molecule has 0 fully saturated rings. The lowest BCUT2D eigenvalue weighted by molar-refractivity contribution is -0.139. The molecule has 0 aliphatic heterocycles. The van der Waals surface area contributed by atoms with Crippen molar-refractivity contribution in [2.24, 2.45) is 0 Å². The molecule has 2 amide bonds. The molecule has 0 aliphatic rings. The summed E-state index contributed by atoms with van der Waals surface area (Å²) in [6.45, 7) is 3.34. The summed E-state index contributed by atoms with van der Waals surface area (Å²) in [4.78, 5) is 27.6. The van der Waals surface area contributed by atoms with Crippen LogP contribution in [0.3, 0.4) is 0 Å². The van der Waals surface area contributed by atoms with E-state index in [2.05, 4.69) is 5.32 Å². The van der Waals surface area contributed by atoms with Gasteiger partial charge >= 0.3 is 0 Å². The van der Waals surface area contributed by atoms with E-state index < -0.39 is 28.5 Å². The first kappa shape index (κ1) is 30.8. The lowest BCUT2D eigenvalue weighted by atomic mass is 10.1. The zero-order valence-corrected chi connectivity index (χ0v) is 24.4. The summed E-state index contributed by atoms with van der Waals surface area (Å²) in [7, 11) is -3.99. The molecule has 198 valence electrons. The van der Waals surface area contributed by atoms with E-state index in [1.165, 1.54) is 17.0 Å². The van der Waals surface area contributed by atoms with E-state index >= 15 is 0 Å². The molecule has 13 heteroatoms. The summed E-state index contributed by atoms with van der Waals surface area (Å²) in [6, 6.07) is 6.46. The van der Waals surface area contributed by atoms with E-state index in [0.29, 0.717) is 17.1 Å². The first-order valence-electron chi connectivity index (χ1n) is 10.9. The van der Waals surface area contributed by atoms with E-state index in [4.69, 9.17) is 58.0 Å². The van der Waals surface area contributed by atoms with Crippen LogP contribution in [0.5, 0.6) is 0 Å². The van der Waals surface area contributed by atoms with Gasteiger partial charge in [-0.15, -0.1) is 0 Å². The molecule has 2 rings (SSSR count). The van der Waals surface area contributed by atoms with Gasteiger partial charge in [-0.3, -0.25) is 13.9 Å². The molecule has 0 unspecified atom stereocenters. The molecule has 7 nitrogen and oxygen atoms in total. The summed E-state index contributed by atoms with van der Waals surface area (Å²) in [6.07, 6.45) is 2.59. The van der Waals surface area contributed by atoms with Crippen LogP contribution in [-0.2, 0) is 26.2 Å². The minimum absolute atomic E-state index is 0.0102. The van der Waals surface area contributed by atoms with E-state index in [-0.39, 0.29) is 38.2 Å². The van der Waals surface area contributed by atoms with Gasteiger partial charge in [-0.1, -0.05) is 77.4 Å². The highest BCUT2D eigenvalue weighted by atomic mass is 35.5. The number of nitrogens with one attached hydrogen (secondary N) is 1. The first-order chi connectivity index (χ1) is 16.8. The highest BCUT2D eigenvalue weighted by Crippen LogP contribution is 2.35. The average molecular weight is 618 g/mol. The van der Waals surface area contributed by atoms with Crippen LogP contribution < -0.4 is 9.62 Å². The topological polar surface area (TPSA) is 86.8 Å². The maximum absolute atomic E-state index is 13.5. The first-order valence-corrected chi connectivity index (χ1v) is 14.6. The average Bonchev–Trinajstić information content (AvgIpc) is 2.79. The fraction of sp³-hybridized carbons (Fsp3) is 0.391. The number of anilines is 1. The number of nitrogens with zero attached hydrogens (tertiary/aromatic N) is 2. The van der Waals surface area contributed by atoms with Crippen LogP contribution in [0.25, 0.3) is 0 Å². The maximum atomic E-state index is 13.5. The van der Waals surface area contributed by atoms with Crippen LogP contribution in [0, 0.1) is 0 Å². The number of halogens is 5. The second kappa shape index (κ2) is 13.4. The lowest BCUT2D eigenvalue weighted by Gasteiger charge is -2.32. The molecule has 0 bridgehead atoms. The molecule has 0 aromatic heterocycles. The minimum atomic E-state index is -3.99. The van der Waals surface area contributed by atoms with Crippen molar-refractivity contribution in [3.8, 4) is 0 Å². The van der Waals surface area contributed by atoms with Crippen molar-refractivity contribution in [3.05, 3.63) is 61.0 Å². The summed E-state index contributed by atoms with van der Waals surface area (Å²) in [5.41, 5.74) is 0.584. The van der Waals surface area contributed by atoms with E-state index in [0.717, 1.165) is 23.4 Å². The monoisotopic (exact) mass is 615 g/mol. The van der Waals surface area contributed by atoms with Gasteiger partial charge in [-0.2, -0.15) is 0 Å². The van der Waals surface area contributed by atoms with Crippen molar-refractivity contribution in [2.45, 2.75) is 39.3 Å². The highest BCUT2D eigenvalue weighted by molar-refractivity contribution is 7.92. The van der Waals surface area contributed by atoms with Crippen LogP contribution in [0.15, 0.2) is 30.3 Å². The molecular formula is C23H26Cl5N3O4S. The fourth-order valence-electron chi connectivity index (χ4n) is 3.25. The molecule has 1 atom stereocenters. The Hall–Kier alpha value is -1.42.